The number of carbonyl (C=O) groups excluding carboxylic acids is 2. The summed E-state index contributed by atoms with van der Waals surface area (Å²) in [6.07, 6.45) is 17.6. The van der Waals surface area contributed by atoms with Gasteiger partial charge in [-0.2, -0.15) is 10.2 Å². The normalized spacial score (nSPS) is 11.1. The average molecular weight is 530 g/mol. The van der Waals surface area contributed by atoms with Crippen LogP contribution in [0.3, 0.4) is 0 Å². The second kappa shape index (κ2) is 17.7. The number of aromatic nitrogens is 2. The highest BCUT2D eigenvalue weighted by Gasteiger charge is 2.11. The predicted molar refractivity (Wildman–Crippen MR) is 159 cm³/mol. The van der Waals surface area contributed by atoms with E-state index in [-0.39, 0.29) is 18.4 Å². The zero-order chi connectivity index (χ0) is 27.5. The molecule has 0 bridgehead atoms. The van der Waals surface area contributed by atoms with Crippen LogP contribution in [0.15, 0.2) is 72.0 Å². The van der Waals surface area contributed by atoms with Gasteiger partial charge in [-0.25, -0.2) is 10.1 Å². The molecule has 0 aliphatic heterocycles. The maximum Gasteiger partial charge on any atom is 0.259 e. The third-order valence-electron chi connectivity index (χ3n) is 6.66. The minimum Gasteiger partial charge on any atom is -0.347 e. The molecule has 0 atom stereocenters. The molecule has 2 aromatic carbocycles. The molecule has 208 valence electrons. The molecule has 3 aromatic rings. The van der Waals surface area contributed by atoms with Gasteiger partial charge in [-0.1, -0.05) is 120 Å². The lowest BCUT2D eigenvalue weighted by Gasteiger charge is -2.05. The van der Waals surface area contributed by atoms with Crippen molar-refractivity contribution in [3.8, 4) is 16.9 Å². The fourth-order valence-electron chi connectivity index (χ4n) is 4.45. The number of nitrogens with one attached hydrogen (secondary N) is 2. The molecule has 7 heteroatoms. The van der Waals surface area contributed by atoms with Crippen LogP contribution in [0.5, 0.6) is 0 Å². The molecule has 0 aliphatic carbocycles. The van der Waals surface area contributed by atoms with E-state index < -0.39 is 0 Å². The number of benzene rings is 2. The van der Waals surface area contributed by atoms with Crippen molar-refractivity contribution in [3.63, 3.8) is 0 Å². The van der Waals surface area contributed by atoms with E-state index in [1.165, 1.54) is 57.8 Å². The highest BCUT2D eigenvalue weighted by Crippen LogP contribution is 2.22. The second-order valence-corrected chi connectivity index (χ2v) is 9.93. The average Bonchev–Trinajstić information content (AvgIpc) is 3.40. The summed E-state index contributed by atoms with van der Waals surface area (Å²) in [6, 6.07) is 19.7. The van der Waals surface area contributed by atoms with E-state index in [2.05, 4.69) is 22.8 Å². The number of para-hydroxylation sites is 1. The number of hydrogen-bond donors (Lipinski definition) is 2. The summed E-state index contributed by atoms with van der Waals surface area (Å²) in [5.74, 6) is -0.462. The topological polar surface area (TPSA) is 88.4 Å². The van der Waals surface area contributed by atoms with Gasteiger partial charge in [0.05, 0.1) is 18.4 Å². The lowest BCUT2D eigenvalue weighted by atomic mass is 10.1. The molecule has 2 amide bonds. The molecule has 3 rings (SSSR count). The van der Waals surface area contributed by atoms with Crippen molar-refractivity contribution in [1.29, 1.82) is 0 Å². The SMILES string of the molecule is CCCCCCCCCCCCCC(=O)NCC(=O)N/N=C\c1cn(-c2ccccc2)nc1-c1ccccc1. The number of unbranched alkanes of at least 4 members (excludes halogenated alkanes) is 10. The minimum atomic E-state index is -0.366. The first-order valence-electron chi connectivity index (χ1n) is 14.5. The van der Waals surface area contributed by atoms with Crippen LogP contribution in [0.4, 0.5) is 0 Å². The first-order chi connectivity index (χ1) is 19.2. The Morgan fingerprint density at radius 2 is 1.38 bits per heavy atom. The highest BCUT2D eigenvalue weighted by molar-refractivity contribution is 5.90. The standard InChI is InChI=1S/C32H43N5O2/c1-2-3-4-5-6-7-8-9-10-11-18-23-30(38)33-25-31(39)35-34-24-28-26-37(29-21-16-13-17-22-29)36-32(28)27-19-14-12-15-20-27/h12-17,19-22,24,26H,2-11,18,23,25H2,1H3,(H,33,38)(H,35,39)/b34-24-. The highest BCUT2D eigenvalue weighted by atomic mass is 16.2. The summed E-state index contributed by atoms with van der Waals surface area (Å²) in [5, 5.41) is 11.5. The molecule has 0 unspecified atom stereocenters. The maximum atomic E-state index is 12.2. The zero-order valence-electron chi connectivity index (χ0n) is 23.3. The van der Waals surface area contributed by atoms with E-state index in [4.69, 9.17) is 5.10 Å². The lowest BCUT2D eigenvalue weighted by Crippen LogP contribution is -2.34. The zero-order valence-corrected chi connectivity index (χ0v) is 23.3. The van der Waals surface area contributed by atoms with Crippen LogP contribution in [0.1, 0.15) is 89.5 Å². The van der Waals surface area contributed by atoms with Gasteiger partial charge in [-0.15, -0.1) is 0 Å². The van der Waals surface area contributed by atoms with Crippen molar-refractivity contribution in [2.45, 2.75) is 84.0 Å². The smallest absolute Gasteiger partial charge is 0.259 e. The first-order valence-corrected chi connectivity index (χ1v) is 14.5. The number of hydrogen-bond acceptors (Lipinski definition) is 4. The van der Waals surface area contributed by atoms with Crippen LogP contribution in [-0.4, -0.2) is 34.4 Å². The van der Waals surface area contributed by atoms with Gasteiger partial charge >= 0.3 is 0 Å². The molecule has 2 N–H and O–H groups in total. The summed E-state index contributed by atoms with van der Waals surface area (Å²) >= 11 is 0. The summed E-state index contributed by atoms with van der Waals surface area (Å²) < 4.78 is 1.79. The van der Waals surface area contributed by atoms with E-state index in [0.717, 1.165) is 35.3 Å². The van der Waals surface area contributed by atoms with Gasteiger partial charge in [-0.05, 0) is 18.6 Å². The van der Waals surface area contributed by atoms with Gasteiger partial charge in [0.1, 0.15) is 5.69 Å². The van der Waals surface area contributed by atoms with Crippen molar-refractivity contribution in [3.05, 3.63) is 72.4 Å². The van der Waals surface area contributed by atoms with Crippen LogP contribution in [0.2, 0.25) is 0 Å². The molecule has 0 spiro atoms. The second-order valence-electron chi connectivity index (χ2n) is 9.93. The van der Waals surface area contributed by atoms with Crippen LogP contribution in [-0.2, 0) is 9.59 Å². The fourth-order valence-corrected chi connectivity index (χ4v) is 4.45. The number of carbonyl (C=O) groups is 2. The van der Waals surface area contributed by atoms with Crippen LogP contribution < -0.4 is 10.7 Å². The fraction of sp³-hybridized carbons (Fsp3) is 0.438. The van der Waals surface area contributed by atoms with E-state index in [0.29, 0.717) is 6.42 Å². The molecular weight excluding hydrogens is 486 g/mol. The van der Waals surface area contributed by atoms with Crippen LogP contribution in [0.25, 0.3) is 16.9 Å². The Labute approximate surface area is 233 Å². The summed E-state index contributed by atoms with van der Waals surface area (Å²) in [5.41, 5.74) is 5.92. The molecule has 0 radical (unpaired) electrons. The third kappa shape index (κ3) is 11.3. The van der Waals surface area contributed by atoms with Gasteiger partial charge in [0.15, 0.2) is 0 Å². The Morgan fingerprint density at radius 3 is 2.03 bits per heavy atom. The Bertz CT molecular complexity index is 1140. The van der Waals surface area contributed by atoms with E-state index >= 15 is 0 Å². The Balaban J connectivity index is 1.36. The third-order valence-corrected chi connectivity index (χ3v) is 6.66. The van der Waals surface area contributed by atoms with Crippen molar-refractivity contribution in [2.24, 2.45) is 5.10 Å². The molecule has 0 saturated carbocycles. The number of amides is 2. The van der Waals surface area contributed by atoms with E-state index in [1.807, 2.05) is 66.9 Å². The Kier molecular flexibility index (Phi) is 13.5. The summed E-state index contributed by atoms with van der Waals surface area (Å²) in [4.78, 5) is 24.3. The van der Waals surface area contributed by atoms with Crippen molar-refractivity contribution in [1.82, 2.24) is 20.5 Å². The van der Waals surface area contributed by atoms with E-state index in [1.54, 1.807) is 10.9 Å². The van der Waals surface area contributed by atoms with E-state index in [9.17, 15) is 9.59 Å². The maximum absolute atomic E-state index is 12.2. The summed E-state index contributed by atoms with van der Waals surface area (Å²) in [6.45, 7) is 2.15. The predicted octanol–water partition coefficient (Wildman–Crippen LogP) is 6.81. The monoisotopic (exact) mass is 529 g/mol. The van der Waals surface area contributed by atoms with Crippen molar-refractivity contribution < 1.29 is 9.59 Å². The lowest BCUT2D eigenvalue weighted by molar-refractivity contribution is -0.126. The van der Waals surface area contributed by atoms with Gasteiger partial charge in [0.25, 0.3) is 5.91 Å². The van der Waals surface area contributed by atoms with Crippen LogP contribution >= 0.6 is 0 Å². The molecule has 7 nitrogen and oxygen atoms in total. The van der Waals surface area contributed by atoms with Gasteiger partial charge in [-0.3, -0.25) is 9.59 Å². The molecule has 0 fully saturated rings. The molecule has 0 aliphatic rings. The number of nitrogens with zero attached hydrogens (tertiary/aromatic N) is 3. The molecule has 1 aromatic heterocycles. The van der Waals surface area contributed by atoms with Crippen LogP contribution in [0, 0.1) is 0 Å². The molecule has 0 saturated heterocycles. The van der Waals surface area contributed by atoms with Gasteiger partial charge in [0, 0.05) is 23.7 Å². The largest absolute Gasteiger partial charge is 0.347 e. The van der Waals surface area contributed by atoms with Gasteiger partial charge in [0.2, 0.25) is 5.91 Å². The Morgan fingerprint density at radius 1 is 0.795 bits per heavy atom. The molecule has 39 heavy (non-hydrogen) atoms. The molecular formula is C32H43N5O2. The molecule has 1 heterocycles. The quantitative estimate of drug-likeness (QED) is 0.108. The van der Waals surface area contributed by atoms with Crippen molar-refractivity contribution in [2.75, 3.05) is 6.54 Å². The number of hydrazone groups is 1. The van der Waals surface area contributed by atoms with Gasteiger partial charge < -0.3 is 5.32 Å². The summed E-state index contributed by atoms with van der Waals surface area (Å²) in [7, 11) is 0. The van der Waals surface area contributed by atoms with Crippen molar-refractivity contribution >= 4 is 18.0 Å². The minimum absolute atomic E-state index is 0.0942. The Hall–Kier alpha value is -3.74. The number of rotatable bonds is 18. The first kappa shape index (κ1) is 29.8.